The Morgan fingerprint density at radius 1 is 1.18 bits per heavy atom. The van der Waals surface area contributed by atoms with Crippen LogP contribution in [-0.4, -0.2) is 24.4 Å². The van der Waals surface area contributed by atoms with E-state index in [-0.39, 0.29) is 24.0 Å². The summed E-state index contributed by atoms with van der Waals surface area (Å²) in [5.41, 5.74) is 1.42. The van der Waals surface area contributed by atoms with Crippen molar-refractivity contribution in [3.05, 3.63) is 64.3 Å². The second-order valence-electron chi connectivity index (χ2n) is 5.81. The Balaban J connectivity index is 1.90. The predicted octanol–water partition coefficient (Wildman–Crippen LogP) is 4.40. The molecule has 0 N–H and O–H groups in total. The molecule has 0 amide bonds. The zero-order valence-electron chi connectivity index (χ0n) is 15.4. The third-order valence-electron chi connectivity index (χ3n) is 3.78. The Bertz CT molecular complexity index is 981. The first kappa shape index (κ1) is 19.6. The van der Waals surface area contributed by atoms with Gasteiger partial charge in [-0.15, -0.1) is 0 Å². The Morgan fingerprint density at radius 2 is 2.00 bits per heavy atom. The Labute approximate surface area is 167 Å². The zero-order valence-corrected chi connectivity index (χ0v) is 16.2. The van der Waals surface area contributed by atoms with Crippen LogP contribution in [-0.2, 0) is 14.3 Å². The molecule has 0 bridgehead atoms. The summed E-state index contributed by atoms with van der Waals surface area (Å²) in [5.74, 6) is 0.00548. The number of hydrogen-bond donors (Lipinski definition) is 0. The zero-order chi connectivity index (χ0) is 20.1. The lowest BCUT2D eigenvalue weighted by atomic mass is 10.1. The number of esters is 2. The topological polar surface area (TPSA) is 74.2 Å². The van der Waals surface area contributed by atoms with Crippen molar-refractivity contribution in [2.75, 3.05) is 6.61 Å². The van der Waals surface area contributed by atoms with Crippen LogP contribution in [0.4, 0.5) is 0 Å². The summed E-state index contributed by atoms with van der Waals surface area (Å²) in [4.78, 5) is 28.0. The maximum atomic E-state index is 12.2. The van der Waals surface area contributed by atoms with Crippen molar-refractivity contribution in [2.45, 2.75) is 20.3 Å². The molecular weight excluding hydrogens is 382 g/mol. The Hall–Kier alpha value is -3.12. The van der Waals surface area contributed by atoms with E-state index in [1.165, 1.54) is 0 Å². The average Bonchev–Trinajstić information content (AvgIpc) is 3.04. The minimum absolute atomic E-state index is 0.149. The molecule has 0 saturated heterocycles. The molecule has 28 heavy (non-hydrogen) atoms. The van der Waals surface area contributed by atoms with Crippen molar-refractivity contribution < 1.29 is 23.8 Å². The number of hydrogen-bond acceptors (Lipinski definition) is 6. The first-order chi connectivity index (χ1) is 13.5. The second kappa shape index (κ2) is 8.71. The molecule has 6 nitrogen and oxygen atoms in total. The van der Waals surface area contributed by atoms with Crippen LogP contribution in [0.15, 0.2) is 53.2 Å². The fourth-order valence-electron chi connectivity index (χ4n) is 2.47. The molecule has 0 radical (unpaired) electrons. The molecule has 0 fully saturated rings. The smallest absolute Gasteiger partial charge is 0.363 e. The second-order valence-corrected chi connectivity index (χ2v) is 6.25. The van der Waals surface area contributed by atoms with Gasteiger partial charge in [0.1, 0.15) is 0 Å². The molecule has 0 atom stereocenters. The van der Waals surface area contributed by atoms with Crippen molar-refractivity contribution in [2.24, 2.45) is 4.99 Å². The molecule has 3 rings (SSSR count). The molecule has 1 aliphatic rings. The van der Waals surface area contributed by atoms with Gasteiger partial charge in [-0.25, -0.2) is 9.79 Å². The Morgan fingerprint density at radius 3 is 2.71 bits per heavy atom. The van der Waals surface area contributed by atoms with Crippen molar-refractivity contribution >= 4 is 35.5 Å². The van der Waals surface area contributed by atoms with Crippen LogP contribution in [0.5, 0.6) is 11.5 Å². The van der Waals surface area contributed by atoms with Crippen LogP contribution in [0, 0.1) is 0 Å². The molecular formula is C21H18ClNO5. The van der Waals surface area contributed by atoms with Crippen molar-refractivity contribution in [3.8, 4) is 11.5 Å². The van der Waals surface area contributed by atoms with Gasteiger partial charge in [0.15, 0.2) is 17.2 Å². The molecule has 7 heteroatoms. The summed E-state index contributed by atoms with van der Waals surface area (Å²) in [7, 11) is 0. The summed E-state index contributed by atoms with van der Waals surface area (Å²) >= 11 is 5.97. The molecule has 1 heterocycles. The van der Waals surface area contributed by atoms with E-state index in [0.29, 0.717) is 34.3 Å². The van der Waals surface area contributed by atoms with Crippen molar-refractivity contribution in [3.63, 3.8) is 0 Å². The van der Waals surface area contributed by atoms with E-state index < -0.39 is 5.97 Å². The minimum atomic E-state index is -0.561. The van der Waals surface area contributed by atoms with Gasteiger partial charge in [0.2, 0.25) is 5.90 Å². The highest BCUT2D eigenvalue weighted by molar-refractivity contribution is 6.31. The molecule has 144 valence electrons. The number of nitrogens with zero attached hydrogens (tertiary/aromatic N) is 1. The maximum absolute atomic E-state index is 12.2. The highest BCUT2D eigenvalue weighted by Gasteiger charge is 2.24. The lowest BCUT2D eigenvalue weighted by molar-refractivity contribution is -0.134. The van der Waals surface area contributed by atoms with E-state index in [2.05, 4.69) is 4.99 Å². The van der Waals surface area contributed by atoms with Gasteiger partial charge >= 0.3 is 11.9 Å². The van der Waals surface area contributed by atoms with Crippen LogP contribution < -0.4 is 9.47 Å². The number of halogens is 1. The van der Waals surface area contributed by atoms with Gasteiger partial charge in [-0.3, -0.25) is 4.79 Å². The highest BCUT2D eigenvalue weighted by Crippen LogP contribution is 2.30. The normalized spacial score (nSPS) is 14.6. The molecule has 0 aromatic heterocycles. The van der Waals surface area contributed by atoms with E-state index in [1.54, 1.807) is 55.5 Å². The number of cyclic esters (lactones) is 1. The summed E-state index contributed by atoms with van der Waals surface area (Å²) in [6, 6.07) is 11.9. The van der Waals surface area contributed by atoms with E-state index >= 15 is 0 Å². The lowest BCUT2D eigenvalue weighted by Gasteiger charge is -2.10. The summed E-state index contributed by atoms with van der Waals surface area (Å²) in [6.45, 7) is 3.94. The van der Waals surface area contributed by atoms with E-state index in [9.17, 15) is 9.59 Å². The third kappa shape index (κ3) is 4.58. The highest BCUT2D eigenvalue weighted by atomic mass is 35.5. The standard InChI is InChI=1S/C21H18ClNO5/c1-3-19(24)27-17-9-8-13(11-18(17)26-4-2)10-16-21(25)28-20(23-16)14-6-5-7-15(22)12-14/h5-12H,3-4H2,1-2H3/b16-10+. The van der Waals surface area contributed by atoms with Crippen LogP contribution in [0.2, 0.25) is 5.02 Å². The average molecular weight is 400 g/mol. The van der Waals surface area contributed by atoms with Gasteiger partial charge in [-0.05, 0) is 48.9 Å². The van der Waals surface area contributed by atoms with E-state index in [4.69, 9.17) is 25.8 Å². The van der Waals surface area contributed by atoms with Crippen molar-refractivity contribution in [1.82, 2.24) is 0 Å². The fraction of sp³-hybridized carbons (Fsp3) is 0.190. The molecule has 0 unspecified atom stereocenters. The number of carbonyl (C=O) groups excluding carboxylic acids is 2. The van der Waals surface area contributed by atoms with Gasteiger partial charge < -0.3 is 14.2 Å². The number of aliphatic imine (C=N–C) groups is 1. The molecule has 2 aromatic carbocycles. The fourth-order valence-corrected chi connectivity index (χ4v) is 2.66. The predicted molar refractivity (Wildman–Crippen MR) is 106 cm³/mol. The largest absolute Gasteiger partial charge is 0.490 e. The van der Waals surface area contributed by atoms with Gasteiger partial charge in [-0.1, -0.05) is 30.7 Å². The number of ether oxygens (including phenoxy) is 3. The van der Waals surface area contributed by atoms with E-state index in [1.807, 2.05) is 6.92 Å². The van der Waals surface area contributed by atoms with Crippen LogP contribution >= 0.6 is 11.6 Å². The quantitative estimate of drug-likeness (QED) is 0.409. The first-order valence-corrected chi connectivity index (χ1v) is 9.14. The molecule has 0 saturated carbocycles. The van der Waals surface area contributed by atoms with Crippen LogP contribution in [0.1, 0.15) is 31.4 Å². The van der Waals surface area contributed by atoms with Crippen LogP contribution in [0.25, 0.3) is 6.08 Å². The SMILES string of the molecule is CCOc1cc(/C=C2/N=C(c3cccc(Cl)c3)OC2=O)ccc1OC(=O)CC. The molecule has 0 aliphatic carbocycles. The van der Waals surface area contributed by atoms with E-state index in [0.717, 1.165) is 0 Å². The number of rotatable bonds is 6. The molecule has 2 aromatic rings. The van der Waals surface area contributed by atoms with Gasteiger partial charge in [0.25, 0.3) is 0 Å². The number of benzene rings is 2. The molecule has 1 aliphatic heterocycles. The number of carbonyl (C=O) groups is 2. The van der Waals surface area contributed by atoms with Gasteiger partial charge in [-0.2, -0.15) is 0 Å². The van der Waals surface area contributed by atoms with Crippen molar-refractivity contribution in [1.29, 1.82) is 0 Å². The third-order valence-corrected chi connectivity index (χ3v) is 4.01. The summed E-state index contributed by atoms with van der Waals surface area (Å²) in [5, 5.41) is 0.521. The molecule has 0 spiro atoms. The monoisotopic (exact) mass is 399 g/mol. The first-order valence-electron chi connectivity index (χ1n) is 8.76. The maximum Gasteiger partial charge on any atom is 0.363 e. The van der Waals surface area contributed by atoms with Crippen LogP contribution in [0.3, 0.4) is 0 Å². The minimum Gasteiger partial charge on any atom is -0.490 e. The van der Waals surface area contributed by atoms with Gasteiger partial charge in [0.05, 0.1) is 6.61 Å². The summed E-state index contributed by atoms with van der Waals surface area (Å²) < 4.78 is 16.0. The van der Waals surface area contributed by atoms with Gasteiger partial charge in [0, 0.05) is 17.0 Å². The summed E-state index contributed by atoms with van der Waals surface area (Å²) in [6.07, 6.45) is 1.83. The lowest BCUT2D eigenvalue weighted by Crippen LogP contribution is -2.07. The Kier molecular flexibility index (Phi) is 6.11.